The number of benzene rings is 1. The molecule has 1 saturated carbocycles. The maximum absolute atomic E-state index is 12.5. The van der Waals surface area contributed by atoms with Gasteiger partial charge in [-0.3, -0.25) is 9.59 Å². The van der Waals surface area contributed by atoms with Gasteiger partial charge in [-0.1, -0.05) is 33.6 Å². The number of carbonyl (C=O) groups excluding carboxylic acids is 2. The van der Waals surface area contributed by atoms with E-state index in [-0.39, 0.29) is 23.4 Å². The zero-order valence-corrected chi connectivity index (χ0v) is 11.9. The molecule has 3 unspecified atom stereocenters. The number of carbonyl (C=O) groups is 2. The Kier molecular flexibility index (Phi) is 2.89. The van der Waals surface area contributed by atoms with E-state index in [9.17, 15) is 9.59 Å². The Morgan fingerprint density at radius 3 is 2.56 bits per heavy atom. The van der Waals surface area contributed by atoms with Crippen molar-refractivity contribution in [3.05, 3.63) is 34.9 Å². The molecule has 0 spiro atoms. The summed E-state index contributed by atoms with van der Waals surface area (Å²) in [5.41, 5.74) is 2.32. The van der Waals surface area contributed by atoms with Crippen LogP contribution in [0.4, 0.5) is 0 Å². The van der Waals surface area contributed by atoms with Crippen LogP contribution in [-0.2, 0) is 0 Å². The summed E-state index contributed by atoms with van der Waals surface area (Å²) in [7, 11) is 0. The third kappa shape index (κ3) is 1.76. The van der Waals surface area contributed by atoms with Crippen molar-refractivity contribution in [1.29, 1.82) is 0 Å². The number of ketones is 2. The normalized spacial score (nSPS) is 30.9. The zero-order chi connectivity index (χ0) is 12.9. The largest absolute Gasteiger partial charge is 0.294 e. The Hall–Kier alpha value is -0.960. The topological polar surface area (TPSA) is 34.1 Å². The SMILES string of the molecule is Cc1ccc2c(c1)C(=O)C1CCC(Br)CC1C2=O. The quantitative estimate of drug-likeness (QED) is 0.687. The molecular weight excluding hydrogens is 292 g/mol. The molecule has 0 bridgehead atoms. The van der Waals surface area contributed by atoms with Crippen LogP contribution in [0.5, 0.6) is 0 Å². The molecule has 3 atom stereocenters. The molecule has 0 N–H and O–H groups in total. The van der Waals surface area contributed by atoms with Gasteiger partial charge >= 0.3 is 0 Å². The van der Waals surface area contributed by atoms with E-state index >= 15 is 0 Å². The maximum atomic E-state index is 12.5. The van der Waals surface area contributed by atoms with Crippen molar-refractivity contribution in [3.63, 3.8) is 0 Å². The fourth-order valence-electron chi connectivity index (χ4n) is 3.20. The second-order valence-electron chi connectivity index (χ2n) is 5.40. The molecule has 1 aromatic rings. The van der Waals surface area contributed by atoms with Crippen molar-refractivity contribution in [2.75, 3.05) is 0 Å². The van der Waals surface area contributed by atoms with Crippen molar-refractivity contribution in [3.8, 4) is 0 Å². The summed E-state index contributed by atoms with van der Waals surface area (Å²) in [6, 6.07) is 5.60. The molecular formula is C15H15BrO2. The zero-order valence-electron chi connectivity index (χ0n) is 10.3. The summed E-state index contributed by atoms with van der Waals surface area (Å²) in [6.07, 6.45) is 2.61. The highest BCUT2D eigenvalue weighted by Crippen LogP contribution is 2.41. The fraction of sp³-hybridized carbons (Fsp3) is 0.467. The van der Waals surface area contributed by atoms with Gasteiger partial charge in [0.15, 0.2) is 11.6 Å². The predicted octanol–water partition coefficient (Wildman–Crippen LogP) is 3.55. The third-order valence-electron chi connectivity index (χ3n) is 4.17. The predicted molar refractivity (Wildman–Crippen MR) is 73.4 cm³/mol. The number of rotatable bonds is 0. The van der Waals surface area contributed by atoms with E-state index in [1.54, 1.807) is 0 Å². The molecule has 3 heteroatoms. The third-order valence-corrected chi connectivity index (χ3v) is 5.00. The Morgan fingerprint density at radius 1 is 1.06 bits per heavy atom. The van der Waals surface area contributed by atoms with Gasteiger partial charge in [0.05, 0.1) is 0 Å². The first kappa shape index (κ1) is 12.1. The molecule has 18 heavy (non-hydrogen) atoms. The van der Waals surface area contributed by atoms with Crippen molar-refractivity contribution in [1.82, 2.24) is 0 Å². The second kappa shape index (κ2) is 4.30. The van der Waals surface area contributed by atoms with Crippen molar-refractivity contribution in [2.24, 2.45) is 11.8 Å². The summed E-state index contributed by atoms with van der Waals surface area (Å²) in [5, 5.41) is 0. The number of hydrogen-bond donors (Lipinski definition) is 0. The highest BCUT2D eigenvalue weighted by atomic mass is 79.9. The Labute approximate surface area is 115 Å². The van der Waals surface area contributed by atoms with Gasteiger partial charge in [0, 0.05) is 27.8 Å². The number of halogens is 1. The Bertz CT molecular complexity index is 535. The first-order valence-electron chi connectivity index (χ1n) is 6.41. The van der Waals surface area contributed by atoms with E-state index in [0.717, 1.165) is 24.8 Å². The van der Waals surface area contributed by atoms with E-state index in [1.165, 1.54) is 0 Å². The molecule has 0 heterocycles. The van der Waals surface area contributed by atoms with Gasteiger partial charge in [-0.15, -0.1) is 0 Å². The minimum atomic E-state index is -0.106. The van der Waals surface area contributed by atoms with Crippen LogP contribution in [0.2, 0.25) is 0 Å². The molecule has 2 aliphatic rings. The summed E-state index contributed by atoms with van der Waals surface area (Å²) < 4.78 is 0. The van der Waals surface area contributed by atoms with Crippen LogP contribution in [0.3, 0.4) is 0 Å². The molecule has 1 aromatic carbocycles. The standard InChI is InChI=1S/C15H15BrO2/c1-8-2-4-10-12(6-8)14(17)11-5-3-9(16)7-13(11)15(10)18/h2,4,6,9,11,13H,3,5,7H2,1H3. The average Bonchev–Trinajstić information content (AvgIpc) is 2.36. The number of Topliss-reactive ketones (excluding diaryl/α,β-unsaturated/α-hetero) is 2. The van der Waals surface area contributed by atoms with E-state index in [1.807, 2.05) is 25.1 Å². The van der Waals surface area contributed by atoms with E-state index in [0.29, 0.717) is 16.0 Å². The van der Waals surface area contributed by atoms with E-state index in [4.69, 9.17) is 0 Å². The number of fused-ring (bicyclic) bond motifs is 2. The smallest absolute Gasteiger partial charge is 0.167 e. The lowest BCUT2D eigenvalue weighted by Gasteiger charge is -2.36. The number of hydrogen-bond acceptors (Lipinski definition) is 2. The van der Waals surface area contributed by atoms with Gasteiger partial charge in [-0.05, 0) is 32.3 Å². The molecule has 2 aliphatic carbocycles. The van der Waals surface area contributed by atoms with Crippen LogP contribution < -0.4 is 0 Å². The molecule has 0 aliphatic heterocycles. The van der Waals surface area contributed by atoms with Gasteiger partial charge in [0.1, 0.15) is 0 Å². The molecule has 0 amide bonds. The van der Waals surface area contributed by atoms with Crippen LogP contribution in [0, 0.1) is 18.8 Å². The average molecular weight is 307 g/mol. The van der Waals surface area contributed by atoms with Gasteiger partial charge in [0.2, 0.25) is 0 Å². The van der Waals surface area contributed by atoms with Crippen LogP contribution in [0.15, 0.2) is 18.2 Å². The minimum absolute atomic E-state index is 0.0828. The van der Waals surface area contributed by atoms with Gasteiger partial charge < -0.3 is 0 Å². The number of aryl methyl sites for hydroxylation is 1. The van der Waals surface area contributed by atoms with E-state index in [2.05, 4.69) is 15.9 Å². The highest BCUT2D eigenvalue weighted by Gasteiger charge is 2.44. The monoisotopic (exact) mass is 306 g/mol. The van der Waals surface area contributed by atoms with Gasteiger partial charge in [0.25, 0.3) is 0 Å². The summed E-state index contributed by atoms with van der Waals surface area (Å²) in [4.78, 5) is 25.3. The molecule has 2 nitrogen and oxygen atoms in total. The van der Waals surface area contributed by atoms with Crippen molar-refractivity contribution < 1.29 is 9.59 Å². The van der Waals surface area contributed by atoms with Crippen molar-refractivity contribution >= 4 is 27.5 Å². The highest BCUT2D eigenvalue weighted by molar-refractivity contribution is 9.09. The molecule has 1 fully saturated rings. The second-order valence-corrected chi connectivity index (χ2v) is 6.70. The molecule has 0 radical (unpaired) electrons. The lowest BCUT2D eigenvalue weighted by molar-refractivity contribution is 0.0682. The first-order valence-corrected chi connectivity index (χ1v) is 7.32. The maximum Gasteiger partial charge on any atom is 0.167 e. The van der Waals surface area contributed by atoms with Crippen molar-refractivity contribution in [2.45, 2.75) is 31.0 Å². The molecule has 3 rings (SSSR count). The first-order chi connectivity index (χ1) is 8.58. The molecule has 0 saturated heterocycles. The van der Waals surface area contributed by atoms with Gasteiger partial charge in [-0.2, -0.15) is 0 Å². The lowest BCUT2D eigenvalue weighted by atomic mass is 9.67. The van der Waals surface area contributed by atoms with Crippen LogP contribution >= 0.6 is 15.9 Å². The van der Waals surface area contributed by atoms with Crippen LogP contribution in [-0.4, -0.2) is 16.4 Å². The Morgan fingerprint density at radius 2 is 1.78 bits per heavy atom. The lowest BCUT2D eigenvalue weighted by Crippen LogP contribution is -2.40. The summed E-state index contributed by atoms with van der Waals surface area (Å²) in [5.74, 6) is 0.155. The molecule has 94 valence electrons. The van der Waals surface area contributed by atoms with E-state index < -0.39 is 0 Å². The van der Waals surface area contributed by atoms with Crippen LogP contribution in [0.25, 0.3) is 0 Å². The summed E-state index contributed by atoms with van der Waals surface area (Å²) in [6.45, 7) is 1.96. The van der Waals surface area contributed by atoms with Crippen LogP contribution in [0.1, 0.15) is 45.5 Å². The molecule has 0 aromatic heterocycles. The number of alkyl halides is 1. The van der Waals surface area contributed by atoms with Gasteiger partial charge in [-0.25, -0.2) is 0 Å². The minimum Gasteiger partial charge on any atom is -0.294 e. The Balaban J connectivity index is 2.09. The summed E-state index contributed by atoms with van der Waals surface area (Å²) >= 11 is 3.59. The fourth-order valence-corrected chi connectivity index (χ4v) is 3.87.